The lowest BCUT2D eigenvalue weighted by molar-refractivity contribution is -0.161. The summed E-state index contributed by atoms with van der Waals surface area (Å²) in [6.45, 7) is 4.17. The van der Waals surface area contributed by atoms with Gasteiger partial charge in [-0.25, -0.2) is 9.13 Å². The van der Waals surface area contributed by atoms with Gasteiger partial charge in [-0.3, -0.25) is 37.3 Å². The van der Waals surface area contributed by atoms with Gasteiger partial charge in [0.25, 0.3) is 0 Å². The van der Waals surface area contributed by atoms with E-state index in [2.05, 4.69) is 204 Å². The van der Waals surface area contributed by atoms with Crippen molar-refractivity contribution in [2.24, 2.45) is 0 Å². The van der Waals surface area contributed by atoms with Crippen LogP contribution in [0.3, 0.4) is 0 Å². The van der Waals surface area contributed by atoms with Crippen LogP contribution in [0.15, 0.2) is 207 Å². The van der Waals surface area contributed by atoms with Crippen LogP contribution in [-0.2, 0) is 65.4 Å². The quantitative estimate of drug-likeness (QED) is 0.0169. The number of rotatable bonds is 69. The number of esters is 4. The third-order valence-corrected chi connectivity index (χ3v) is 16.6. The normalized spacial score (nSPS) is 15.0. The zero-order valence-corrected chi connectivity index (χ0v) is 65.4. The third-order valence-electron chi connectivity index (χ3n) is 14.7. The minimum absolute atomic E-state index is 0.0197. The van der Waals surface area contributed by atoms with Crippen LogP contribution in [0.4, 0.5) is 0 Å². The number of aliphatic hydroxyl groups is 1. The number of carbonyl (C=O) groups excluding carboxylic acids is 4. The molecular weight excluding hydrogens is 1350 g/mol. The molecule has 17 nitrogen and oxygen atoms in total. The highest BCUT2D eigenvalue weighted by molar-refractivity contribution is 7.47. The topological polar surface area (TPSA) is 237 Å². The molecule has 0 aliphatic rings. The number of carbonyl (C=O) groups is 4. The number of hydrogen-bond donors (Lipinski definition) is 3. The van der Waals surface area contributed by atoms with E-state index in [1.807, 2.05) is 30.4 Å². The maximum absolute atomic E-state index is 13.1. The Hall–Kier alpha value is -6.36. The lowest BCUT2D eigenvalue weighted by Crippen LogP contribution is -2.30. The minimum atomic E-state index is -5.02. The maximum atomic E-state index is 13.1. The van der Waals surface area contributed by atoms with Crippen molar-refractivity contribution < 1.29 is 80.2 Å². The van der Waals surface area contributed by atoms with Gasteiger partial charge in [0.2, 0.25) is 0 Å². The summed E-state index contributed by atoms with van der Waals surface area (Å²) in [4.78, 5) is 72.9. The molecule has 584 valence electrons. The average molecular weight is 1490 g/mol. The van der Waals surface area contributed by atoms with Crippen LogP contribution in [0.2, 0.25) is 0 Å². The molecule has 0 aromatic rings. The van der Waals surface area contributed by atoms with Gasteiger partial charge in [0.05, 0.1) is 26.4 Å². The number of phosphoric acid groups is 2. The molecule has 0 spiro atoms. The highest BCUT2D eigenvalue weighted by Crippen LogP contribution is 2.45. The van der Waals surface area contributed by atoms with Crippen molar-refractivity contribution in [2.75, 3.05) is 39.6 Å². The van der Waals surface area contributed by atoms with Gasteiger partial charge in [0, 0.05) is 25.7 Å². The van der Waals surface area contributed by atoms with Gasteiger partial charge >= 0.3 is 39.5 Å². The molecule has 0 fully saturated rings. The van der Waals surface area contributed by atoms with Crippen LogP contribution in [-0.4, -0.2) is 96.7 Å². The van der Waals surface area contributed by atoms with E-state index < -0.39 is 97.5 Å². The smallest absolute Gasteiger partial charge is 0.462 e. The van der Waals surface area contributed by atoms with E-state index in [0.717, 1.165) is 148 Å². The van der Waals surface area contributed by atoms with E-state index in [0.29, 0.717) is 44.9 Å². The predicted molar refractivity (Wildman–Crippen MR) is 426 cm³/mol. The van der Waals surface area contributed by atoms with Crippen molar-refractivity contribution >= 4 is 39.5 Å². The molecule has 0 aliphatic carbocycles. The maximum Gasteiger partial charge on any atom is 0.472 e. The monoisotopic (exact) mass is 1490 g/mol. The molecule has 0 amide bonds. The number of aliphatic hydroxyl groups excluding tert-OH is 1. The van der Waals surface area contributed by atoms with Gasteiger partial charge in [-0.2, -0.15) is 0 Å². The van der Waals surface area contributed by atoms with Crippen LogP contribution in [0.1, 0.15) is 246 Å². The first kappa shape index (κ1) is 97.6. The van der Waals surface area contributed by atoms with Crippen molar-refractivity contribution in [1.82, 2.24) is 0 Å². The first-order chi connectivity index (χ1) is 50.7. The number of allylic oxidation sites excluding steroid dienone is 34. The zero-order valence-electron chi connectivity index (χ0n) is 63.6. The lowest BCUT2D eigenvalue weighted by atomic mass is 10.1. The van der Waals surface area contributed by atoms with E-state index in [1.165, 1.54) is 0 Å². The fourth-order valence-corrected chi connectivity index (χ4v) is 10.6. The summed E-state index contributed by atoms with van der Waals surface area (Å²) in [6, 6.07) is 0. The van der Waals surface area contributed by atoms with Crippen LogP contribution in [0, 0.1) is 0 Å². The molecule has 0 aliphatic heterocycles. The standard InChI is InChI=1S/C85H132O17P2/c1-5-9-13-17-21-25-29-33-37-39-43-45-49-53-57-61-65-69-82(87)95-75-80(101-84(89)71-67-63-59-55-51-47-41-35-31-27-23-19-15-11-7-3)77-99-103(91,92)97-73-79(86)74-98-104(93,94)100-78-81(102-85(90)72-68-64-60-56-52-48-42-36-32-28-24-20-16-12-8-4)76-96-83(88)70-66-62-58-54-50-46-44-40-38-34-30-26-22-18-14-10-6-2/h9-16,21-28,33-38,41-46,51,53-55,57-58,79-81,86H,5-8,17-20,29-32,39-40,47-50,52,56,59-78H2,1-4H3,(H,91,92)(H,93,94)/b13-9-,14-10-,15-11-,16-12-,25-21-,26-22-,27-23-,28-24-,37-33-,38-34-,41-35-,42-36-,45-43-,46-44-,55-51-,57-53-,58-54-. The summed E-state index contributed by atoms with van der Waals surface area (Å²) in [5, 5.41) is 10.6. The predicted octanol–water partition coefficient (Wildman–Crippen LogP) is 22.3. The summed E-state index contributed by atoms with van der Waals surface area (Å²) < 4.78 is 68.3. The van der Waals surface area contributed by atoms with Gasteiger partial charge in [-0.15, -0.1) is 0 Å². The number of hydrogen-bond acceptors (Lipinski definition) is 15. The second-order valence-electron chi connectivity index (χ2n) is 24.4. The highest BCUT2D eigenvalue weighted by atomic mass is 31.2. The van der Waals surface area contributed by atoms with Crippen LogP contribution >= 0.6 is 15.6 Å². The third kappa shape index (κ3) is 73.9. The largest absolute Gasteiger partial charge is 0.472 e. The van der Waals surface area contributed by atoms with Crippen molar-refractivity contribution in [3.05, 3.63) is 207 Å². The Bertz CT molecular complexity index is 2790. The Morgan fingerprint density at radius 3 is 0.769 bits per heavy atom. The number of ether oxygens (including phenoxy) is 4. The van der Waals surface area contributed by atoms with Crippen LogP contribution in [0.5, 0.6) is 0 Å². The Kier molecular flexibility index (Phi) is 70.3. The van der Waals surface area contributed by atoms with Crippen molar-refractivity contribution in [3.8, 4) is 0 Å². The molecule has 0 aromatic carbocycles. The average Bonchev–Trinajstić information content (AvgIpc) is 0.937. The Labute approximate surface area is 627 Å². The molecule has 3 N–H and O–H groups in total. The first-order valence-corrected chi connectivity index (χ1v) is 41.3. The molecule has 0 rings (SSSR count). The SMILES string of the molecule is CC/C=C\C/C=C\C/C=C\C/C=C\C/C=C\CCCC(=O)OCC(COP(=O)(O)OCC(O)COP(=O)(O)OCC(COC(=O)CCC/C=C\C/C=C\C/C=C\C/C=C\C/C=C\CC)OC(=O)CCCCCCC/C=C\C/C=C\C/C=C\CC)OC(=O)CCCC/C=C\C/C=C\C/C=C\C/C=C\CC. The van der Waals surface area contributed by atoms with E-state index in [1.54, 1.807) is 0 Å². The molecule has 5 unspecified atom stereocenters. The molecule has 5 atom stereocenters. The van der Waals surface area contributed by atoms with Gasteiger partial charge < -0.3 is 33.8 Å². The highest BCUT2D eigenvalue weighted by Gasteiger charge is 2.30. The lowest BCUT2D eigenvalue weighted by Gasteiger charge is -2.21. The fraction of sp³-hybridized carbons (Fsp3) is 0.553. The molecule has 104 heavy (non-hydrogen) atoms. The fourth-order valence-electron chi connectivity index (χ4n) is 9.06. The van der Waals surface area contributed by atoms with Crippen molar-refractivity contribution in [1.29, 1.82) is 0 Å². The Morgan fingerprint density at radius 2 is 0.481 bits per heavy atom. The second-order valence-corrected chi connectivity index (χ2v) is 27.3. The van der Waals surface area contributed by atoms with E-state index in [-0.39, 0.29) is 25.7 Å². The Morgan fingerprint density at radius 1 is 0.269 bits per heavy atom. The zero-order chi connectivity index (χ0) is 76.0. The van der Waals surface area contributed by atoms with Crippen LogP contribution < -0.4 is 0 Å². The number of phosphoric ester groups is 2. The van der Waals surface area contributed by atoms with Gasteiger partial charge in [0.1, 0.15) is 19.3 Å². The van der Waals surface area contributed by atoms with Gasteiger partial charge in [-0.05, 0) is 173 Å². The minimum Gasteiger partial charge on any atom is -0.462 e. The van der Waals surface area contributed by atoms with Crippen LogP contribution in [0.25, 0.3) is 0 Å². The van der Waals surface area contributed by atoms with E-state index in [9.17, 15) is 43.2 Å². The van der Waals surface area contributed by atoms with Crippen molar-refractivity contribution in [3.63, 3.8) is 0 Å². The Balaban J connectivity index is 5.54. The molecule has 0 aromatic heterocycles. The second kappa shape index (κ2) is 74.9. The summed E-state index contributed by atoms with van der Waals surface area (Å²) in [5.41, 5.74) is 0. The molecule has 0 saturated carbocycles. The molecular formula is C85H132O17P2. The van der Waals surface area contributed by atoms with E-state index >= 15 is 0 Å². The summed E-state index contributed by atoms with van der Waals surface area (Å²) in [7, 11) is -10.0. The summed E-state index contributed by atoms with van der Waals surface area (Å²) in [6.07, 6.45) is 92.7. The molecule has 0 bridgehead atoms. The van der Waals surface area contributed by atoms with Gasteiger partial charge in [-0.1, -0.05) is 254 Å². The molecule has 19 heteroatoms. The summed E-state index contributed by atoms with van der Waals surface area (Å²) in [5.74, 6) is -2.41. The molecule has 0 heterocycles. The molecule has 0 saturated heterocycles. The first-order valence-electron chi connectivity index (χ1n) is 38.3. The summed E-state index contributed by atoms with van der Waals surface area (Å²) >= 11 is 0. The van der Waals surface area contributed by atoms with Gasteiger partial charge in [0.15, 0.2) is 12.2 Å². The van der Waals surface area contributed by atoms with Crippen molar-refractivity contribution in [2.45, 2.75) is 264 Å². The molecule has 0 radical (unpaired) electrons. The van der Waals surface area contributed by atoms with E-state index in [4.69, 9.17) is 37.0 Å². The number of unbranched alkanes of at least 4 members (excludes halogenated alkanes) is 9.